The van der Waals surface area contributed by atoms with Crippen LogP contribution < -0.4 is 0 Å². The fourth-order valence-electron chi connectivity index (χ4n) is 1.47. The van der Waals surface area contributed by atoms with Crippen LogP contribution in [-0.4, -0.2) is 6.29 Å². The minimum absolute atomic E-state index is 0.759. The largest absolute Gasteiger partial charge is 0.298 e. The Morgan fingerprint density at radius 2 is 2.00 bits per heavy atom. The van der Waals surface area contributed by atoms with Crippen LogP contribution in [0.5, 0.6) is 0 Å². The lowest BCUT2D eigenvalue weighted by molar-refractivity contribution is 0.112. The van der Waals surface area contributed by atoms with E-state index in [1.54, 1.807) is 11.3 Å². The number of carbonyl (C=O) groups excluding carboxylic acids is 1. The van der Waals surface area contributed by atoms with E-state index in [9.17, 15) is 4.79 Å². The standard InChI is InChI=1S/C13H12OS/c1-2-10-3-5-12(6-4-10)13-7-11(8-14)9-15-13/h3-9H,2H2,1H3. The zero-order chi connectivity index (χ0) is 10.7. The molecule has 1 aromatic carbocycles. The van der Waals surface area contributed by atoms with Gasteiger partial charge in [0.1, 0.15) is 0 Å². The molecule has 1 nitrogen and oxygen atoms in total. The van der Waals surface area contributed by atoms with Gasteiger partial charge in [0.15, 0.2) is 6.29 Å². The average molecular weight is 216 g/mol. The minimum atomic E-state index is 0.759. The van der Waals surface area contributed by atoms with E-state index in [1.807, 2.05) is 11.4 Å². The first kappa shape index (κ1) is 10.1. The Morgan fingerprint density at radius 1 is 1.27 bits per heavy atom. The zero-order valence-corrected chi connectivity index (χ0v) is 9.38. The Morgan fingerprint density at radius 3 is 2.53 bits per heavy atom. The van der Waals surface area contributed by atoms with E-state index in [0.717, 1.165) is 23.1 Å². The van der Waals surface area contributed by atoms with Crippen molar-refractivity contribution in [2.24, 2.45) is 0 Å². The van der Waals surface area contributed by atoms with Gasteiger partial charge in [-0.25, -0.2) is 0 Å². The van der Waals surface area contributed by atoms with Crippen LogP contribution in [-0.2, 0) is 6.42 Å². The molecule has 0 aliphatic rings. The van der Waals surface area contributed by atoms with Gasteiger partial charge in [0, 0.05) is 15.8 Å². The summed E-state index contributed by atoms with van der Waals surface area (Å²) in [4.78, 5) is 11.7. The first-order valence-corrected chi connectivity index (χ1v) is 5.84. The van der Waals surface area contributed by atoms with E-state index in [1.165, 1.54) is 11.1 Å². The smallest absolute Gasteiger partial charge is 0.150 e. The van der Waals surface area contributed by atoms with Crippen LogP contribution in [0.3, 0.4) is 0 Å². The predicted molar refractivity (Wildman–Crippen MR) is 64.5 cm³/mol. The fraction of sp³-hybridized carbons (Fsp3) is 0.154. The maximum Gasteiger partial charge on any atom is 0.150 e. The molecular formula is C13H12OS. The van der Waals surface area contributed by atoms with E-state index in [2.05, 4.69) is 31.2 Å². The van der Waals surface area contributed by atoms with Gasteiger partial charge in [-0.15, -0.1) is 11.3 Å². The van der Waals surface area contributed by atoms with Crippen molar-refractivity contribution in [3.05, 3.63) is 46.8 Å². The minimum Gasteiger partial charge on any atom is -0.298 e. The summed E-state index contributed by atoms with van der Waals surface area (Å²) in [6.07, 6.45) is 1.95. The van der Waals surface area contributed by atoms with Gasteiger partial charge in [-0.05, 0) is 23.6 Å². The number of aryl methyl sites for hydroxylation is 1. The van der Waals surface area contributed by atoms with Crippen LogP contribution >= 0.6 is 11.3 Å². The van der Waals surface area contributed by atoms with Crippen LogP contribution in [0.2, 0.25) is 0 Å². The van der Waals surface area contributed by atoms with Crippen molar-refractivity contribution in [1.82, 2.24) is 0 Å². The number of benzene rings is 1. The highest BCUT2D eigenvalue weighted by Gasteiger charge is 2.01. The van der Waals surface area contributed by atoms with E-state index in [0.29, 0.717) is 0 Å². The molecule has 76 valence electrons. The summed E-state index contributed by atoms with van der Waals surface area (Å²) in [5.74, 6) is 0. The van der Waals surface area contributed by atoms with Crippen LogP contribution in [0.4, 0.5) is 0 Å². The first-order valence-electron chi connectivity index (χ1n) is 4.96. The summed E-state index contributed by atoms with van der Waals surface area (Å²) in [5, 5.41) is 1.88. The number of hydrogen-bond acceptors (Lipinski definition) is 2. The molecule has 15 heavy (non-hydrogen) atoms. The second-order valence-electron chi connectivity index (χ2n) is 3.41. The molecule has 0 aliphatic heterocycles. The van der Waals surface area contributed by atoms with Crippen molar-refractivity contribution >= 4 is 17.6 Å². The maximum absolute atomic E-state index is 10.6. The van der Waals surface area contributed by atoms with E-state index in [4.69, 9.17) is 0 Å². The molecule has 0 amide bonds. The highest BCUT2D eigenvalue weighted by molar-refractivity contribution is 7.13. The second kappa shape index (κ2) is 4.41. The summed E-state index contributed by atoms with van der Waals surface area (Å²) in [6, 6.07) is 10.4. The second-order valence-corrected chi connectivity index (χ2v) is 4.32. The van der Waals surface area contributed by atoms with Gasteiger partial charge in [-0.3, -0.25) is 4.79 Å². The van der Waals surface area contributed by atoms with Gasteiger partial charge in [0.2, 0.25) is 0 Å². The third-order valence-electron chi connectivity index (χ3n) is 2.40. The van der Waals surface area contributed by atoms with E-state index >= 15 is 0 Å². The van der Waals surface area contributed by atoms with Crippen LogP contribution in [0, 0.1) is 0 Å². The number of thiophene rings is 1. The number of hydrogen-bond donors (Lipinski definition) is 0. The monoisotopic (exact) mass is 216 g/mol. The highest BCUT2D eigenvalue weighted by atomic mass is 32.1. The average Bonchev–Trinajstić information content (AvgIpc) is 2.78. The maximum atomic E-state index is 10.6. The summed E-state index contributed by atoms with van der Waals surface area (Å²) in [7, 11) is 0. The summed E-state index contributed by atoms with van der Waals surface area (Å²) in [5.41, 5.74) is 3.28. The molecule has 2 rings (SSSR count). The van der Waals surface area contributed by atoms with Gasteiger partial charge < -0.3 is 0 Å². The molecule has 0 unspecified atom stereocenters. The van der Waals surface area contributed by atoms with Crippen molar-refractivity contribution in [2.75, 3.05) is 0 Å². The Hall–Kier alpha value is -1.41. The third kappa shape index (κ3) is 2.16. The van der Waals surface area contributed by atoms with Gasteiger partial charge in [0.25, 0.3) is 0 Å². The lowest BCUT2D eigenvalue weighted by Gasteiger charge is -1.99. The predicted octanol–water partition coefficient (Wildman–Crippen LogP) is 3.79. The Labute approximate surface area is 93.4 Å². The molecule has 0 aliphatic carbocycles. The van der Waals surface area contributed by atoms with Crippen LogP contribution in [0.25, 0.3) is 10.4 Å². The molecule has 0 saturated carbocycles. The van der Waals surface area contributed by atoms with Crippen molar-refractivity contribution in [3.63, 3.8) is 0 Å². The number of carbonyl (C=O) groups is 1. The molecule has 0 atom stereocenters. The van der Waals surface area contributed by atoms with Crippen LogP contribution in [0.1, 0.15) is 22.8 Å². The molecule has 0 fully saturated rings. The third-order valence-corrected chi connectivity index (χ3v) is 3.40. The lowest BCUT2D eigenvalue weighted by Crippen LogP contribution is -1.79. The van der Waals surface area contributed by atoms with Crippen molar-refractivity contribution < 1.29 is 4.79 Å². The van der Waals surface area contributed by atoms with Gasteiger partial charge in [0.05, 0.1) is 0 Å². The van der Waals surface area contributed by atoms with Crippen molar-refractivity contribution in [1.29, 1.82) is 0 Å². The molecule has 0 spiro atoms. The zero-order valence-electron chi connectivity index (χ0n) is 8.57. The fourth-order valence-corrected chi connectivity index (χ4v) is 2.33. The van der Waals surface area contributed by atoms with Gasteiger partial charge in [-0.1, -0.05) is 31.2 Å². The lowest BCUT2D eigenvalue weighted by atomic mass is 10.1. The Balaban J connectivity index is 2.32. The summed E-state index contributed by atoms with van der Waals surface area (Å²) in [6.45, 7) is 2.14. The quantitative estimate of drug-likeness (QED) is 0.713. The van der Waals surface area contributed by atoms with Gasteiger partial charge >= 0.3 is 0 Å². The summed E-state index contributed by atoms with van der Waals surface area (Å²) < 4.78 is 0. The topological polar surface area (TPSA) is 17.1 Å². The van der Waals surface area contributed by atoms with Crippen molar-refractivity contribution in [2.45, 2.75) is 13.3 Å². The molecule has 0 radical (unpaired) electrons. The molecule has 2 aromatic rings. The molecular weight excluding hydrogens is 204 g/mol. The molecule has 1 heterocycles. The Kier molecular flexibility index (Phi) is 2.97. The normalized spacial score (nSPS) is 10.2. The van der Waals surface area contributed by atoms with E-state index < -0.39 is 0 Å². The summed E-state index contributed by atoms with van der Waals surface area (Å²) >= 11 is 1.61. The van der Waals surface area contributed by atoms with E-state index in [-0.39, 0.29) is 0 Å². The molecule has 0 bridgehead atoms. The SMILES string of the molecule is CCc1ccc(-c2cc(C=O)cs2)cc1. The Bertz CT molecular complexity index is 454. The van der Waals surface area contributed by atoms with Gasteiger partial charge in [-0.2, -0.15) is 0 Å². The van der Waals surface area contributed by atoms with Crippen molar-refractivity contribution in [3.8, 4) is 10.4 Å². The first-order chi connectivity index (χ1) is 7.33. The molecule has 0 N–H and O–H groups in total. The highest BCUT2D eigenvalue weighted by Crippen LogP contribution is 2.26. The molecule has 2 heteroatoms. The van der Waals surface area contributed by atoms with Crippen LogP contribution in [0.15, 0.2) is 35.7 Å². The molecule has 0 saturated heterocycles. The number of aldehydes is 1. The molecule has 1 aromatic heterocycles. The number of rotatable bonds is 3.